The maximum absolute atomic E-state index is 13.1. The minimum absolute atomic E-state index is 0.0826. The Labute approximate surface area is 202 Å². The lowest BCUT2D eigenvalue weighted by Gasteiger charge is -2.32. The lowest BCUT2D eigenvalue weighted by molar-refractivity contribution is -0.137. The van der Waals surface area contributed by atoms with E-state index in [4.69, 9.17) is 0 Å². The quantitative estimate of drug-likeness (QED) is 0.445. The average Bonchev–Trinajstić information content (AvgIpc) is 2.83. The summed E-state index contributed by atoms with van der Waals surface area (Å²) < 4.78 is 52.2. The van der Waals surface area contributed by atoms with Gasteiger partial charge < -0.3 is 5.32 Å². The second-order valence-corrected chi connectivity index (χ2v) is 8.94. The van der Waals surface area contributed by atoms with Gasteiger partial charge in [-0.1, -0.05) is 30.3 Å². The number of halogens is 4. The number of aromatic nitrogens is 1. The van der Waals surface area contributed by atoms with Crippen LogP contribution in [0.2, 0.25) is 0 Å². The third-order valence-corrected chi connectivity index (χ3v) is 6.31. The van der Waals surface area contributed by atoms with Crippen molar-refractivity contribution in [3.8, 4) is 0 Å². The van der Waals surface area contributed by atoms with Gasteiger partial charge >= 0.3 is 6.18 Å². The van der Waals surface area contributed by atoms with Crippen LogP contribution in [0.15, 0.2) is 60.7 Å². The molecule has 2 aromatic carbocycles. The molecule has 35 heavy (non-hydrogen) atoms. The Morgan fingerprint density at radius 2 is 1.74 bits per heavy atom. The first kappa shape index (κ1) is 24.9. The van der Waals surface area contributed by atoms with E-state index in [9.17, 15) is 22.4 Å². The van der Waals surface area contributed by atoms with Crippen LogP contribution in [-0.4, -0.2) is 28.9 Å². The van der Waals surface area contributed by atoms with Gasteiger partial charge in [-0.05, 0) is 74.3 Å². The van der Waals surface area contributed by atoms with E-state index in [1.807, 2.05) is 6.92 Å². The Hall–Kier alpha value is -3.26. The first-order chi connectivity index (χ1) is 16.7. The highest BCUT2D eigenvalue weighted by Gasteiger charge is 2.31. The zero-order valence-corrected chi connectivity index (χ0v) is 19.4. The first-order valence-corrected chi connectivity index (χ1v) is 11.6. The molecule has 4 nitrogen and oxygen atoms in total. The summed E-state index contributed by atoms with van der Waals surface area (Å²) in [5.74, 6) is -0.480. The fraction of sp³-hybridized carbons (Fsp3) is 0.333. The van der Waals surface area contributed by atoms with Gasteiger partial charge in [0.25, 0.3) is 5.91 Å². The molecule has 184 valence electrons. The van der Waals surface area contributed by atoms with Gasteiger partial charge in [-0.25, -0.2) is 4.39 Å². The van der Waals surface area contributed by atoms with Crippen molar-refractivity contribution in [2.24, 2.45) is 0 Å². The van der Waals surface area contributed by atoms with Crippen LogP contribution in [0.25, 0.3) is 0 Å². The summed E-state index contributed by atoms with van der Waals surface area (Å²) in [5, 5.41) is 2.89. The summed E-state index contributed by atoms with van der Waals surface area (Å²) >= 11 is 0. The average molecular weight is 486 g/mol. The smallest absolute Gasteiger partial charge is 0.348 e. The van der Waals surface area contributed by atoms with Crippen LogP contribution < -0.4 is 5.32 Å². The van der Waals surface area contributed by atoms with Crippen LogP contribution in [0.3, 0.4) is 0 Å². The number of aryl methyl sites for hydroxylation is 1. The zero-order valence-electron chi connectivity index (χ0n) is 19.4. The number of alkyl halides is 3. The minimum atomic E-state index is -4.35. The number of likely N-dealkylation sites (tertiary alicyclic amines) is 1. The third-order valence-electron chi connectivity index (χ3n) is 6.31. The maximum Gasteiger partial charge on any atom is 0.416 e. The number of rotatable bonds is 6. The normalized spacial score (nSPS) is 15.2. The fourth-order valence-corrected chi connectivity index (χ4v) is 4.43. The fourth-order valence-electron chi connectivity index (χ4n) is 4.43. The molecule has 1 fully saturated rings. The Morgan fingerprint density at radius 3 is 2.43 bits per heavy atom. The molecule has 0 atom stereocenters. The van der Waals surface area contributed by atoms with Crippen LogP contribution in [0.5, 0.6) is 0 Å². The second-order valence-electron chi connectivity index (χ2n) is 8.94. The SMILES string of the molecule is Cc1ccc(C(=O)NCc2ccc(F)cc2)c(C2CCN(Cc3cccc(C(F)(F)F)c3)CC2)n1. The summed E-state index contributed by atoms with van der Waals surface area (Å²) in [6, 6.07) is 15.0. The summed E-state index contributed by atoms with van der Waals surface area (Å²) in [4.78, 5) is 19.8. The number of carbonyl (C=O) groups excluding carboxylic acids is 1. The molecule has 1 aliphatic heterocycles. The minimum Gasteiger partial charge on any atom is -0.348 e. The Morgan fingerprint density at radius 1 is 1.03 bits per heavy atom. The van der Waals surface area contributed by atoms with Crippen LogP contribution in [-0.2, 0) is 19.3 Å². The van der Waals surface area contributed by atoms with E-state index in [2.05, 4.69) is 15.2 Å². The summed E-state index contributed by atoms with van der Waals surface area (Å²) in [6.07, 6.45) is -2.84. The summed E-state index contributed by atoms with van der Waals surface area (Å²) in [5.41, 5.74) is 2.89. The highest BCUT2D eigenvalue weighted by Crippen LogP contribution is 2.32. The first-order valence-electron chi connectivity index (χ1n) is 11.6. The van der Waals surface area contributed by atoms with Gasteiger partial charge in [0.1, 0.15) is 5.82 Å². The topological polar surface area (TPSA) is 45.2 Å². The molecule has 0 bridgehead atoms. The van der Waals surface area contributed by atoms with Crippen molar-refractivity contribution in [1.82, 2.24) is 15.2 Å². The Bertz CT molecular complexity index is 1170. The standard InChI is InChI=1S/C27H27F4N3O/c1-18-5-10-24(26(35)32-16-19-6-8-23(28)9-7-19)25(33-18)21-11-13-34(14-12-21)17-20-3-2-4-22(15-20)27(29,30)31/h2-10,15,21H,11-14,16-17H2,1H3,(H,32,35). The molecule has 0 saturated carbocycles. The lowest BCUT2D eigenvalue weighted by Crippen LogP contribution is -2.34. The molecule has 2 heterocycles. The number of nitrogens with zero attached hydrogens (tertiary/aromatic N) is 2. The summed E-state index contributed by atoms with van der Waals surface area (Å²) in [7, 11) is 0. The van der Waals surface area contributed by atoms with Crippen molar-refractivity contribution in [1.29, 1.82) is 0 Å². The molecule has 4 rings (SSSR count). The van der Waals surface area contributed by atoms with Gasteiger partial charge in [-0.2, -0.15) is 13.2 Å². The Kier molecular flexibility index (Phi) is 7.50. The molecular formula is C27H27F4N3O. The van der Waals surface area contributed by atoms with Crippen molar-refractivity contribution in [2.45, 2.75) is 44.9 Å². The van der Waals surface area contributed by atoms with Gasteiger partial charge in [-0.15, -0.1) is 0 Å². The molecule has 1 aromatic heterocycles. The second kappa shape index (κ2) is 10.6. The molecule has 1 saturated heterocycles. The molecule has 0 spiro atoms. The highest BCUT2D eigenvalue weighted by atomic mass is 19.4. The van der Waals surface area contributed by atoms with Gasteiger partial charge in [0.2, 0.25) is 0 Å². The number of benzene rings is 2. The van der Waals surface area contributed by atoms with Crippen LogP contribution in [0.4, 0.5) is 17.6 Å². The largest absolute Gasteiger partial charge is 0.416 e. The van der Waals surface area contributed by atoms with Gasteiger partial charge in [0, 0.05) is 24.7 Å². The summed E-state index contributed by atoms with van der Waals surface area (Å²) in [6.45, 7) is 4.01. The molecule has 8 heteroatoms. The molecule has 0 aliphatic carbocycles. The molecule has 0 unspecified atom stereocenters. The van der Waals surface area contributed by atoms with E-state index < -0.39 is 11.7 Å². The number of hydrogen-bond acceptors (Lipinski definition) is 3. The van der Waals surface area contributed by atoms with E-state index in [1.54, 1.807) is 30.3 Å². The van der Waals surface area contributed by atoms with Gasteiger partial charge in [0.05, 0.1) is 16.8 Å². The van der Waals surface area contributed by atoms with Crippen LogP contribution in [0.1, 0.15) is 57.2 Å². The highest BCUT2D eigenvalue weighted by molar-refractivity contribution is 5.95. The van der Waals surface area contributed by atoms with Gasteiger partial charge in [0.15, 0.2) is 0 Å². The molecular weight excluding hydrogens is 458 g/mol. The van der Waals surface area contributed by atoms with Crippen LogP contribution >= 0.6 is 0 Å². The molecule has 1 aliphatic rings. The number of amides is 1. The van der Waals surface area contributed by atoms with E-state index >= 15 is 0 Å². The number of pyridine rings is 1. The van der Waals surface area contributed by atoms with E-state index in [-0.39, 0.29) is 24.2 Å². The van der Waals surface area contributed by atoms with Crippen LogP contribution in [0, 0.1) is 12.7 Å². The predicted octanol–water partition coefficient (Wildman–Crippen LogP) is 5.86. The number of hydrogen-bond donors (Lipinski definition) is 1. The van der Waals surface area contributed by atoms with E-state index in [0.717, 1.165) is 35.9 Å². The Balaban J connectivity index is 1.40. The van der Waals surface area contributed by atoms with Crippen molar-refractivity contribution in [3.05, 3.63) is 100 Å². The van der Waals surface area contributed by atoms with Gasteiger partial charge in [-0.3, -0.25) is 14.7 Å². The maximum atomic E-state index is 13.1. The van der Waals surface area contributed by atoms with Crippen molar-refractivity contribution in [3.63, 3.8) is 0 Å². The molecule has 3 aromatic rings. The molecule has 0 radical (unpaired) electrons. The van der Waals surface area contributed by atoms with Crippen molar-refractivity contribution >= 4 is 5.91 Å². The zero-order chi connectivity index (χ0) is 25.0. The predicted molar refractivity (Wildman–Crippen MR) is 125 cm³/mol. The van der Waals surface area contributed by atoms with E-state index in [1.165, 1.54) is 24.3 Å². The third kappa shape index (κ3) is 6.45. The number of carbonyl (C=O) groups is 1. The monoisotopic (exact) mass is 485 g/mol. The van der Waals surface area contributed by atoms with E-state index in [0.29, 0.717) is 30.8 Å². The molecule has 1 amide bonds. The van der Waals surface area contributed by atoms with Crippen molar-refractivity contribution in [2.75, 3.05) is 13.1 Å². The molecule has 1 N–H and O–H groups in total. The number of piperidine rings is 1. The lowest BCUT2D eigenvalue weighted by atomic mass is 9.89. The van der Waals surface area contributed by atoms with Crippen molar-refractivity contribution < 1.29 is 22.4 Å². The number of nitrogens with one attached hydrogen (secondary N) is 1.